The Morgan fingerprint density at radius 1 is 0.340 bits per heavy atom. The second-order valence-electron chi connectivity index (χ2n) is 13.0. The van der Waals surface area contributed by atoms with Crippen molar-refractivity contribution in [2.45, 2.75) is 5.41 Å². The summed E-state index contributed by atoms with van der Waals surface area (Å²) in [5.74, 6) is 0. The molecule has 0 unspecified atom stereocenters. The Morgan fingerprint density at radius 2 is 0.860 bits per heavy atom. The monoisotopic (exact) mass is 637 g/mol. The van der Waals surface area contributed by atoms with Crippen molar-refractivity contribution in [3.05, 3.63) is 210 Å². The maximum atomic E-state index is 4.74. The van der Waals surface area contributed by atoms with Crippen molar-refractivity contribution in [1.82, 2.24) is 10.2 Å². The minimum absolute atomic E-state index is 0.507. The third kappa shape index (κ3) is 4.10. The quantitative estimate of drug-likeness (QED) is 0.192. The zero-order chi connectivity index (χ0) is 33.1. The number of benzene rings is 7. The molecular formula is C47H31N3. The van der Waals surface area contributed by atoms with E-state index in [0.717, 1.165) is 39.3 Å². The van der Waals surface area contributed by atoms with E-state index in [1.807, 2.05) is 18.2 Å². The van der Waals surface area contributed by atoms with Gasteiger partial charge in [0.15, 0.2) is 0 Å². The number of para-hydroxylation sites is 3. The van der Waals surface area contributed by atoms with Gasteiger partial charge in [-0.1, -0.05) is 146 Å². The van der Waals surface area contributed by atoms with Gasteiger partial charge in [-0.3, -0.25) is 0 Å². The van der Waals surface area contributed by atoms with Crippen LogP contribution in [0.1, 0.15) is 22.3 Å². The molecule has 1 spiro atoms. The third-order valence-electron chi connectivity index (χ3n) is 10.4. The van der Waals surface area contributed by atoms with Crippen molar-refractivity contribution in [2.75, 3.05) is 4.90 Å². The summed E-state index contributed by atoms with van der Waals surface area (Å²) in [5, 5.41) is 9.38. The summed E-state index contributed by atoms with van der Waals surface area (Å²) in [6.07, 6.45) is 0. The van der Waals surface area contributed by atoms with Crippen molar-refractivity contribution in [3.63, 3.8) is 0 Å². The minimum Gasteiger partial charge on any atom is -0.310 e. The summed E-state index contributed by atoms with van der Waals surface area (Å²) in [5.41, 5.74) is 16.9. The van der Waals surface area contributed by atoms with Gasteiger partial charge in [0.05, 0.1) is 28.2 Å². The van der Waals surface area contributed by atoms with Gasteiger partial charge in [-0.2, -0.15) is 0 Å². The fourth-order valence-corrected chi connectivity index (χ4v) is 8.33. The Balaban J connectivity index is 1.20. The Morgan fingerprint density at radius 3 is 1.54 bits per heavy atom. The number of hydrogen-bond donors (Lipinski definition) is 0. The molecule has 2 aliphatic rings. The average Bonchev–Trinajstić information content (AvgIpc) is 3.49. The van der Waals surface area contributed by atoms with Gasteiger partial charge in [0.1, 0.15) is 0 Å². The minimum atomic E-state index is -0.507. The van der Waals surface area contributed by atoms with Gasteiger partial charge in [0.25, 0.3) is 0 Å². The largest absolute Gasteiger partial charge is 0.310 e. The van der Waals surface area contributed by atoms with E-state index in [4.69, 9.17) is 5.10 Å². The highest BCUT2D eigenvalue weighted by molar-refractivity contribution is 5.97. The number of rotatable bonds is 4. The number of hydrogen-bond acceptors (Lipinski definition) is 3. The van der Waals surface area contributed by atoms with Crippen LogP contribution in [0.15, 0.2) is 188 Å². The van der Waals surface area contributed by atoms with Crippen molar-refractivity contribution in [2.24, 2.45) is 0 Å². The van der Waals surface area contributed by atoms with E-state index in [1.54, 1.807) is 0 Å². The van der Waals surface area contributed by atoms with E-state index in [2.05, 4.69) is 180 Å². The van der Waals surface area contributed by atoms with Gasteiger partial charge in [-0.25, -0.2) is 0 Å². The third-order valence-corrected chi connectivity index (χ3v) is 10.4. The molecule has 50 heavy (non-hydrogen) atoms. The molecule has 0 N–H and O–H groups in total. The molecule has 0 atom stereocenters. The lowest BCUT2D eigenvalue weighted by atomic mass is 9.64. The molecule has 8 aromatic rings. The van der Waals surface area contributed by atoms with Crippen molar-refractivity contribution < 1.29 is 0 Å². The lowest BCUT2D eigenvalue weighted by Crippen LogP contribution is -2.36. The molecule has 234 valence electrons. The summed E-state index contributed by atoms with van der Waals surface area (Å²) in [6, 6.07) is 67.6. The lowest BCUT2D eigenvalue weighted by molar-refractivity contribution is 0.753. The maximum Gasteiger partial charge on any atom is 0.0936 e. The zero-order valence-corrected chi connectivity index (χ0v) is 27.2. The van der Waals surface area contributed by atoms with Crippen LogP contribution in [0.25, 0.3) is 44.8 Å². The Kier molecular flexibility index (Phi) is 6.40. The van der Waals surface area contributed by atoms with Crippen LogP contribution in [0.5, 0.6) is 0 Å². The molecule has 0 saturated carbocycles. The van der Waals surface area contributed by atoms with Crippen molar-refractivity contribution in [3.8, 4) is 44.8 Å². The summed E-state index contributed by atoms with van der Waals surface area (Å²) in [4.78, 5) is 2.42. The van der Waals surface area contributed by atoms with E-state index in [-0.39, 0.29) is 0 Å². The van der Waals surface area contributed by atoms with Crippen LogP contribution in [-0.2, 0) is 5.41 Å². The number of anilines is 3. The highest BCUT2D eigenvalue weighted by Crippen LogP contribution is 2.63. The molecule has 1 aliphatic carbocycles. The number of aromatic nitrogens is 2. The van der Waals surface area contributed by atoms with E-state index in [1.165, 1.54) is 44.8 Å². The van der Waals surface area contributed by atoms with Crippen LogP contribution in [0.3, 0.4) is 0 Å². The first-order valence-corrected chi connectivity index (χ1v) is 17.1. The highest BCUT2D eigenvalue weighted by atomic mass is 15.2. The van der Waals surface area contributed by atoms with Crippen molar-refractivity contribution >= 4 is 17.1 Å². The normalized spacial score (nSPS) is 13.3. The molecule has 3 nitrogen and oxygen atoms in total. The molecule has 0 fully saturated rings. The number of nitrogens with zero attached hydrogens (tertiary/aromatic N) is 3. The second-order valence-corrected chi connectivity index (χ2v) is 13.0. The molecule has 2 heterocycles. The van der Waals surface area contributed by atoms with Crippen LogP contribution < -0.4 is 4.90 Å². The average molecular weight is 638 g/mol. The van der Waals surface area contributed by atoms with Crippen LogP contribution >= 0.6 is 0 Å². The first kappa shape index (κ1) is 28.4. The SMILES string of the molecule is c1ccc(-c2ccc(-c3ccccc3-c3ccc4c(c3)C3(c5ccccc5-4)c4ccccc4N(c4ccccc4)c4ccccc43)nn2)cc1. The predicted octanol–water partition coefficient (Wildman–Crippen LogP) is 11.6. The molecule has 10 rings (SSSR count). The van der Waals surface area contributed by atoms with Crippen LogP contribution in [-0.4, -0.2) is 10.2 Å². The first-order chi connectivity index (χ1) is 24.8. The highest BCUT2D eigenvalue weighted by Gasteiger charge is 2.51. The summed E-state index contributed by atoms with van der Waals surface area (Å²) >= 11 is 0. The fourth-order valence-electron chi connectivity index (χ4n) is 8.33. The van der Waals surface area contributed by atoms with Gasteiger partial charge in [0.2, 0.25) is 0 Å². The summed E-state index contributed by atoms with van der Waals surface area (Å²) in [6.45, 7) is 0. The fraction of sp³-hybridized carbons (Fsp3) is 0.0213. The van der Waals surface area contributed by atoms with E-state index in [9.17, 15) is 0 Å². The predicted molar refractivity (Wildman–Crippen MR) is 204 cm³/mol. The van der Waals surface area contributed by atoms with Gasteiger partial charge in [0, 0.05) is 16.8 Å². The molecule has 1 aromatic heterocycles. The second kappa shape index (κ2) is 11.3. The van der Waals surface area contributed by atoms with E-state index < -0.39 is 5.41 Å². The van der Waals surface area contributed by atoms with Crippen LogP contribution in [0, 0.1) is 0 Å². The topological polar surface area (TPSA) is 29.0 Å². The van der Waals surface area contributed by atoms with Gasteiger partial charge in [-0.05, 0) is 87.0 Å². The van der Waals surface area contributed by atoms with Gasteiger partial charge >= 0.3 is 0 Å². The van der Waals surface area contributed by atoms with Crippen LogP contribution in [0.2, 0.25) is 0 Å². The Hall–Kier alpha value is -6.58. The molecule has 1 aliphatic heterocycles. The van der Waals surface area contributed by atoms with E-state index in [0.29, 0.717) is 0 Å². The zero-order valence-electron chi connectivity index (χ0n) is 27.2. The van der Waals surface area contributed by atoms with Gasteiger partial charge in [-0.15, -0.1) is 10.2 Å². The lowest BCUT2D eigenvalue weighted by Gasteiger charge is -2.45. The first-order valence-electron chi connectivity index (χ1n) is 17.1. The van der Waals surface area contributed by atoms with Crippen LogP contribution in [0.4, 0.5) is 17.1 Å². The Labute approximate surface area is 291 Å². The number of fused-ring (bicyclic) bond motifs is 9. The summed E-state index contributed by atoms with van der Waals surface area (Å²) < 4.78 is 0. The summed E-state index contributed by atoms with van der Waals surface area (Å²) in [7, 11) is 0. The maximum absolute atomic E-state index is 4.74. The molecule has 0 bridgehead atoms. The molecular weight excluding hydrogens is 607 g/mol. The molecule has 0 saturated heterocycles. The Bertz CT molecular complexity index is 2490. The molecule has 0 radical (unpaired) electrons. The smallest absolute Gasteiger partial charge is 0.0936 e. The molecule has 7 aromatic carbocycles. The standard InChI is InChI=1S/C47H31N3/c1-3-15-32(16-4-1)43-29-30-44(49-48-43)38-21-8-7-19-35(38)33-27-28-37-36-20-9-10-22-39(36)47(42(37)31-33)40-23-11-13-25-45(40)50(34-17-5-2-6-18-34)46-26-14-12-24-41(46)47/h1-31H. The molecule has 0 amide bonds. The van der Waals surface area contributed by atoms with E-state index >= 15 is 0 Å². The van der Waals surface area contributed by atoms with Crippen molar-refractivity contribution in [1.29, 1.82) is 0 Å². The van der Waals surface area contributed by atoms with Gasteiger partial charge < -0.3 is 4.90 Å². The molecule has 3 heteroatoms.